The molecule has 2 aromatic carbocycles. The molecule has 2 aromatic rings. The molecule has 0 fully saturated rings. The lowest BCUT2D eigenvalue weighted by Gasteiger charge is -2.08. The number of rotatable bonds is 6. The van der Waals surface area contributed by atoms with Crippen LogP contribution in [0.1, 0.15) is 6.42 Å². The molecule has 142 valence electrons. The van der Waals surface area contributed by atoms with Gasteiger partial charge < -0.3 is 24.3 Å². The fourth-order valence-electron chi connectivity index (χ4n) is 2.62. The molecule has 0 radical (unpaired) electrons. The van der Waals surface area contributed by atoms with Crippen LogP contribution >= 0.6 is 0 Å². The number of benzene rings is 2. The number of amides is 1. The highest BCUT2D eigenvalue weighted by Crippen LogP contribution is 2.34. The Balaban J connectivity index is 1.31. The summed E-state index contributed by atoms with van der Waals surface area (Å²) in [6, 6.07) is 9.36. The molecule has 9 nitrogen and oxygen atoms in total. The van der Waals surface area contributed by atoms with Gasteiger partial charge in [0.15, 0.2) is 23.0 Å². The first-order valence-corrected chi connectivity index (χ1v) is 9.58. The Morgan fingerprint density at radius 2 is 1.52 bits per heavy atom. The second kappa shape index (κ2) is 6.97. The number of carbonyl (C=O) groups is 1. The first-order chi connectivity index (χ1) is 13.0. The summed E-state index contributed by atoms with van der Waals surface area (Å²) in [6.07, 6.45) is -0.0295. The second-order valence-electron chi connectivity index (χ2n) is 5.78. The molecule has 27 heavy (non-hydrogen) atoms. The van der Waals surface area contributed by atoms with Crippen LogP contribution in [-0.4, -0.2) is 34.5 Å². The van der Waals surface area contributed by atoms with Crippen LogP contribution in [-0.2, 0) is 14.8 Å². The van der Waals surface area contributed by atoms with E-state index in [-0.39, 0.29) is 37.4 Å². The molecule has 0 saturated heterocycles. The highest BCUT2D eigenvalue weighted by atomic mass is 32.2. The third kappa shape index (κ3) is 3.76. The van der Waals surface area contributed by atoms with Crippen molar-refractivity contribution in [2.24, 2.45) is 0 Å². The van der Waals surface area contributed by atoms with Crippen molar-refractivity contribution < 1.29 is 32.2 Å². The quantitative estimate of drug-likeness (QED) is 0.765. The Hall–Kier alpha value is -2.98. The summed E-state index contributed by atoms with van der Waals surface area (Å²) in [4.78, 5) is 12.1. The Morgan fingerprint density at radius 3 is 2.26 bits per heavy atom. The van der Waals surface area contributed by atoms with Gasteiger partial charge in [0.05, 0.1) is 4.90 Å². The Bertz CT molecular complexity index is 991. The lowest BCUT2D eigenvalue weighted by molar-refractivity contribution is -0.116. The maximum atomic E-state index is 12.3. The van der Waals surface area contributed by atoms with E-state index >= 15 is 0 Å². The van der Waals surface area contributed by atoms with Crippen LogP contribution in [0.4, 0.5) is 5.69 Å². The van der Waals surface area contributed by atoms with E-state index in [1.54, 1.807) is 18.2 Å². The highest BCUT2D eigenvalue weighted by Gasteiger charge is 2.20. The molecule has 2 aliphatic rings. The van der Waals surface area contributed by atoms with Gasteiger partial charge in [-0.05, 0) is 24.3 Å². The molecule has 2 heterocycles. The van der Waals surface area contributed by atoms with E-state index in [1.165, 1.54) is 18.2 Å². The van der Waals surface area contributed by atoms with E-state index in [2.05, 4.69) is 10.0 Å². The molecule has 0 saturated carbocycles. The van der Waals surface area contributed by atoms with Crippen molar-refractivity contribution in [3.63, 3.8) is 0 Å². The fraction of sp³-hybridized carbons (Fsp3) is 0.235. The first kappa shape index (κ1) is 17.4. The largest absolute Gasteiger partial charge is 0.454 e. The minimum atomic E-state index is -3.76. The van der Waals surface area contributed by atoms with E-state index in [9.17, 15) is 13.2 Å². The lowest BCUT2D eigenvalue weighted by atomic mass is 10.2. The Morgan fingerprint density at radius 1 is 0.889 bits per heavy atom. The van der Waals surface area contributed by atoms with Crippen molar-refractivity contribution in [2.45, 2.75) is 11.3 Å². The molecule has 10 heteroatoms. The average Bonchev–Trinajstić information content (AvgIpc) is 3.29. The summed E-state index contributed by atoms with van der Waals surface area (Å²) in [5.41, 5.74) is 0.544. The number of carbonyl (C=O) groups excluding carboxylic acids is 1. The molecule has 2 aliphatic heterocycles. The Labute approximate surface area is 155 Å². The molecule has 1 amide bonds. The highest BCUT2D eigenvalue weighted by molar-refractivity contribution is 7.89. The number of anilines is 1. The van der Waals surface area contributed by atoms with Gasteiger partial charge in [-0.2, -0.15) is 0 Å². The molecular weight excluding hydrogens is 376 g/mol. The summed E-state index contributed by atoms with van der Waals surface area (Å²) in [5, 5.41) is 2.69. The van der Waals surface area contributed by atoms with Gasteiger partial charge >= 0.3 is 0 Å². The van der Waals surface area contributed by atoms with Crippen LogP contribution in [0.25, 0.3) is 0 Å². The number of hydrogen-bond donors (Lipinski definition) is 2. The van der Waals surface area contributed by atoms with Crippen LogP contribution in [0.5, 0.6) is 23.0 Å². The van der Waals surface area contributed by atoms with Crippen molar-refractivity contribution in [1.82, 2.24) is 4.72 Å². The zero-order chi connectivity index (χ0) is 18.9. The third-order valence-electron chi connectivity index (χ3n) is 3.95. The van der Waals surface area contributed by atoms with Gasteiger partial charge in [-0.1, -0.05) is 0 Å². The smallest absolute Gasteiger partial charge is 0.240 e. The minimum Gasteiger partial charge on any atom is -0.454 e. The van der Waals surface area contributed by atoms with E-state index in [4.69, 9.17) is 18.9 Å². The zero-order valence-corrected chi connectivity index (χ0v) is 14.9. The van der Waals surface area contributed by atoms with Gasteiger partial charge in [-0.15, -0.1) is 0 Å². The van der Waals surface area contributed by atoms with Gasteiger partial charge in [0.2, 0.25) is 29.5 Å². The first-order valence-electron chi connectivity index (χ1n) is 8.10. The van der Waals surface area contributed by atoms with Gasteiger partial charge in [0, 0.05) is 30.8 Å². The van der Waals surface area contributed by atoms with Gasteiger partial charge in [-0.3, -0.25) is 4.79 Å². The second-order valence-corrected chi connectivity index (χ2v) is 7.55. The normalized spacial score (nSPS) is 14.2. The SMILES string of the molecule is O=C(CCNS(=O)(=O)c1ccc2c(c1)OCO2)Nc1ccc2c(c1)OCO2. The molecule has 0 unspecified atom stereocenters. The number of hydrogen-bond acceptors (Lipinski definition) is 7. The summed E-state index contributed by atoms with van der Waals surface area (Å²) in [5.74, 6) is 1.71. The van der Waals surface area contributed by atoms with Gasteiger partial charge in [-0.25, -0.2) is 13.1 Å². The van der Waals surface area contributed by atoms with E-state index in [0.717, 1.165) is 0 Å². The molecule has 0 aromatic heterocycles. The number of fused-ring (bicyclic) bond motifs is 2. The van der Waals surface area contributed by atoms with E-state index < -0.39 is 10.0 Å². The average molecular weight is 392 g/mol. The molecule has 0 spiro atoms. The summed E-state index contributed by atoms with van der Waals surface area (Å²) >= 11 is 0. The third-order valence-corrected chi connectivity index (χ3v) is 5.41. The lowest BCUT2D eigenvalue weighted by Crippen LogP contribution is -2.27. The zero-order valence-electron chi connectivity index (χ0n) is 14.1. The molecule has 2 N–H and O–H groups in total. The van der Waals surface area contributed by atoms with Crippen LogP contribution < -0.4 is 29.0 Å². The minimum absolute atomic E-state index is 0.0295. The van der Waals surface area contributed by atoms with Crippen molar-refractivity contribution in [1.29, 1.82) is 0 Å². The predicted molar refractivity (Wildman–Crippen MR) is 93.6 cm³/mol. The van der Waals surface area contributed by atoms with Gasteiger partial charge in [0.25, 0.3) is 0 Å². The van der Waals surface area contributed by atoms with Crippen molar-refractivity contribution in [2.75, 3.05) is 25.4 Å². The summed E-state index contributed by atoms with van der Waals surface area (Å²) < 4.78 is 47.8. The fourth-order valence-corrected chi connectivity index (χ4v) is 3.67. The maximum absolute atomic E-state index is 12.3. The van der Waals surface area contributed by atoms with Crippen LogP contribution in [0, 0.1) is 0 Å². The summed E-state index contributed by atoms with van der Waals surface area (Å²) in [6.45, 7) is 0.161. The maximum Gasteiger partial charge on any atom is 0.240 e. The summed E-state index contributed by atoms with van der Waals surface area (Å²) in [7, 11) is -3.76. The van der Waals surface area contributed by atoms with Crippen LogP contribution in [0.2, 0.25) is 0 Å². The number of sulfonamides is 1. The molecule has 4 rings (SSSR count). The molecular formula is C17H16N2O7S. The predicted octanol–water partition coefficient (Wildman–Crippen LogP) is 1.45. The van der Waals surface area contributed by atoms with E-state index in [1.807, 2.05) is 0 Å². The topological polar surface area (TPSA) is 112 Å². The van der Waals surface area contributed by atoms with Crippen molar-refractivity contribution in [3.05, 3.63) is 36.4 Å². The standard InChI is InChI=1S/C17H16N2O7S/c20-17(19-11-1-3-13-15(7-11)25-9-23-13)5-6-18-27(21,22)12-2-4-14-16(8-12)26-10-24-14/h1-4,7-8,18H,5-6,9-10H2,(H,19,20). The van der Waals surface area contributed by atoms with Gasteiger partial charge in [0.1, 0.15) is 0 Å². The van der Waals surface area contributed by atoms with Crippen LogP contribution in [0.3, 0.4) is 0 Å². The molecule has 0 atom stereocenters. The molecule has 0 aliphatic carbocycles. The monoisotopic (exact) mass is 392 g/mol. The number of ether oxygens (including phenoxy) is 4. The van der Waals surface area contributed by atoms with Crippen molar-refractivity contribution in [3.8, 4) is 23.0 Å². The van der Waals surface area contributed by atoms with E-state index in [0.29, 0.717) is 28.7 Å². The number of nitrogens with one attached hydrogen (secondary N) is 2. The molecule has 0 bridgehead atoms. The van der Waals surface area contributed by atoms with Crippen LogP contribution in [0.15, 0.2) is 41.3 Å². The van der Waals surface area contributed by atoms with Crippen molar-refractivity contribution >= 4 is 21.6 Å². The Kier molecular flexibility index (Phi) is 4.50.